The van der Waals surface area contributed by atoms with Crippen molar-refractivity contribution in [1.82, 2.24) is 0 Å². The zero-order chi connectivity index (χ0) is 24.6. The van der Waals surface area contributed by atoms with Crippen LogP contribution in [-0.4, -0.2) is 14.1 Å². The highest BCUT2D eigenvalue weighted by Crippen LogP contribution is 2.45. The Kier molecular flexibility index (Phi) is 5.65. The smallest absolute Gasteiger partial charge is 0.339 e. The van der Waals surface area contributed by atoms with Crippen LogP contribution in [0.2, 0.25) is 0 Å². The molecule has 0 fully saturated rings. The monoisotopic (exact) mass is 485 g/mol. The van der Waals surface area contributed by atoms with Crippen molar-refractivity contribution in [3.63, 3.8) is 0 Å². The lowest BCUT2D eigenvalue weighted by atomic mass is 9.74. The molecule has 6 nitrogen and oxygen atoms in total. The fraction of sp³-hybridized carbons (Fsp3) is 0.143. The van der Waals surface area contributed by atoms with Crippen LogP contribution in [0, 0.1) is 6.92 Å². The molecule has 4 aromatic rings. The Morgan fingerprint density at radius 3 is 2.34 bits per heavy atom. The highest BCUT2D eigenvalue weighted by Gasteiger charge is 2.42. The van der Waals surface area contributed by atoms with Crippen LogP contribution in [0.15, 0.2) is 110 Å². The number of fused-ring (bicyclic) bond motifs is 1. The summed E-state index contributed by atoms with van der Waals surface area (Å²) in [7, 11) is -4.24. The van der Waals surface area contributed by atoms with E-state index in [0.717, 1.165) is 34.2 Å². The van der Waals surface area contributed by atoms with E-state index in [9.17, 15) is 13.2 Å². The number of para-hydroxylation sites is 1. The Hall–Kier alpha value is -3.97. The summed E-state index contributed by atoms with van der Waals surface area (Å²) in [6, 6.07) is 24.9. The van der Waals surface area contributed by atoms with Gasteiger partial charge in [-0.05, 0) is 43.2 Å². The van der Waals surface area contributed by atoms with E-state index >= 15 is 0 Å². The molecule has 35 heavy (non-hydrogen) atoms. The van der Waals surface area contributed by atoms with Crippen LogP contribution >= 0.6 is 0 Å². The molecule has 1 aliphatic heterocycles. The topological polar surface area (TPSA) is 85.9 Å². The second-order valence-corrected chi connectivity index (χ2v) is 10.3. The summed E-state index contributed by atoms with van der Waals surface area (Å²) in [4.78, 5) is 17.6. The second-order valence-electron chi connectivity index (χ2n) is 8.74. The van der Waals surface area contributed by atoms with Gasteiger partial charge in [-0.1, -0.05) is 66.2 Å². The third kappa shape index (κ3) is 4.19. The van der Waals surface area contributed by atoms with Gasteiger partial charge in [0, 0.05) is 17.9 Å². The molecule has 1 aromatic heterocycles. The quantitative estimate of drug-likeness (QED) is 0.344. The number of nitrogens with zero attached hydrogens (tertiary/aromatic N) is 1. The first kappa shape index (κ1) is 22.8. The fourth-order valence-corrected chi connectivity index (χ4v) is 5.37. The number of aryl methyl sites for hydroxylation is 1. The SMILES string of the molecule is Cc1ccc(S(=O)(=O)Oc2c(C[C@@]3(C)C(c4ccccc4)=Nc4ccccc43)occc2=O)cc1. The van der Waals surface area contributed by atoms with Gasteiger partial charge in [-0.15, -0.1) is 0 Å². The minimum Gasteiger partial charge on any atom is -0.465 e. The molecule has 176 valence electrons. The average molecular weight is 486 g/mol. The summed E-state index contributed by atoms with van der Waals surface area (Å²) >= 11 is 0. The maximum atomic E-state index is 13.0. The molecular weight excluding hydrogens is 462 g/mol. The molecule has 7 heteroatoms. The molecule has 0 saturated heterocycles. The maximum absolute atomic E-state index is 13.0. The van der Waals surface area contributed by atoms with Crippen molar-refractivity contribution in [2.75, 3.05) is 0 Å². The van der Waals surface area contributed by atoms with E-state index < -0.39 is 21.0 Å². The molecule has 2 heterocycles. The van der Waals surface area contributed by atoms with Gasteiger partial charge in [-0.25, -0.2) is 0 Å². The lowest BCUT2D eigenvalue weighted by Gasteiger charge is -2.28. The van der Waals surface area contributed by atoms with Crippen molar-refractivity contribution in [1.29, 1.82) is 0 Å². The molecule has 1 aliphatic rings. The number of rotatable bonds is 6. The largest absolute Gasteiger partial charge is 0.465 e. The molecule has 0 radical (unpaired) electrons. The molecule has 0 aliphatic carbocycles. The molecule has 1 atom stereocenters. The van der Waals surface area contributed by atoms with E-state index in [-0.39, 0.29) is 22.8 Å². The lowest BCUT2D eigenvalue weighted by molar-refractivity contribution is 0.410. The van der Waals surface area contributed by atoms with Crippen molar-refractivity contribution in [2.45, 2.75) is 30.6 Å². The van der Waals surface area contributed by atoms with Crippen LogP contribution in [0.3, 0.4) is 0 Å². The number of hydrogen-bond acceptors (Lipinski definition) is 6. The molecular formula is C28H23NO5S. The number of hydrogen-bond donors (Lipinski definition) is 0. The normalized spacial score (nSPS) is 17.0. The van der Waals surface area contributed by atoms with Gasteiger partial charge in [0.05, 0.1) is 17.7 Å². The highest BCUT2D eigenvalue weighted by molar-refractivity contribution is 7.87. The van der Waals surface area contributed by atoms with Gasteiger partial charge in [0.2, 0.25) is 11.2 Å². The molecule has 0 N–H and O–H groups in total. The minimum absolute atomic E-state index is 0.0405. The Bertz CT molecular complexity index is 1590. The lowest BCUT2D eigenvalue weighted by Crippen LogP contribution is -2.33. The first-order valence-corrected chi connectivity index (χ1v) is 12.5. The van der Waals surface area contributed by atoms with Crippen LogP contribution in [0.1, 0.15) is 29.4 Å². The van der Waals surface area contributed by atoms with E-state index in [0.29, 0.717) is 0 Å². The second kappa shape index (κ2) is 8.67. The zero-order valence-corrected chi connectivity index (χ0v) is 20.1. The van der Waals surface area contributed by atoms with Gasteiger partial charge in [-0.2, -0.15) is 8.42 Å². The predicted molar refractivity (Wildman–Crippen MR) is 134 cm³/mol. The van der Waals surface area contributed by atoms with Crippen LogP contribution in [0.4, 0.5) is 5.69 Å². The Morgan fingerprint density at radius 2 is 1.60 bits per heavy atom. The fourth-order valence-electron chi connectivity index (χ4n) is 4.41. The molecule has 0 spiro atoms. The van der Waals surface area contributed by atoms with Crippen molar-refractivity contribution >= 4 is 21.5 Å². The molecule has 0 bridgehead atoms. The van der Waals surface area contributed by atoms with Gasteiger partial charge >= 0.3 is 10.1 Å². The third-order valence-corrected chi connectivity index (χ3v) is 7.46. The van der Waals surface area contributed by atoms with Crippen molar-refractivity contribution < 1.29 is 17.0 Å². The molecule has 3 aromatic carbocycles. The summed E-state index contributed by atoms with van der Waals surface area (Å²) < 4.78 is 37.1. The number of aliphatic imine (C=N–C) groups is 1. The first-order chi connectivity index (χ1) is 16.8. The maximum Gasteiger partial charge on any atom is 0.339 e. The minimum atomic E-state index is -4.24. The molecule has 5 rings (SSSR count). The molecule has 0 amide bonds. The van der Waals surface area contributed by atoms with Crippen LogP contribution < -0.4 is 9.61 Å². The Balaban J connectivity index is 1.59. The van der Waals surface area contributed by atoms with Gasteiger partial charge in [0.25, 0.3) is 0 Å². The van der Waals surface area contributed by atoms with E-state index in [1.54, 1.807) is 12.1 Å². The summed E-state index contributed by atoms with van der Waals surface area (Å²) in [5.41, 5.74) is 3.15. The van der Waals surface area contributed by atoms with Crippen LogP contribution in [-0.2, 0) is 22.0 Å². The Labute approximate surface area is 203 Å². The van der Waals surface area contributed by atoms with Crippen LogP contribution in [0.5, 0.6) is 5.75 Å². The van der Waals surface area contributed by atoms with Gasteiger partial charge in [-0.3, -0.25) is 9.79 Å². The van der Waals surface area contributed by atoms with E-state index in [2.05, 4.69) is 0 Å². The van der Waals surface area contributed by atoms with Gasteiger partial charge in [0.1, 0.15) is 4.90 Å². The zero-order valence-electron chi connectivity index (χ0n) is 19.3. The van der Waals surface area contributed by atoms with E-state index in [4.69, 9.17) is 13.6 Å². The number of benzene rings is 3. The van der Waals surface area contributed by atoms with Gasteiger partial charge < -0.3 is 8.60 Å². The van der Waals surface area contributed by atoms with Crippen molar-refractivity contribution in [3.05, 3.63) is 124 Å². The van der Waals surface area contributed by atoms with Crippen LogP contribution in [0.25, 0.3) is 0 Å². The average Bonchev–Trinajstić information content (AvgIpc) is 3.14. The summed E-state index contributed by atoms with van der Waals surface area (Å²) in [6.07, 6.45) is 1.43. The standard InChI is InChI=1S/C28H23NO5S/c1-19-12-14-21(15-13-19)35(31,32)34-26-24(30)16-17-33-25(26)18-28(2)22-10-6-7-11-23(22)29-27(28)20-8-4-3-5-9-20/h3-17H,18H2,1-2H3/t28-/m1/s1. The molecule has 0 saturated carbocycles. The van der Waals surface area contributed by atoms with Crippen molar-refractivity contribution in [3.8, 4) is 5.75 Å². The van der Waals surface area contributed by atoms with E-state index in [1.165, 1.54) is 18.4 Å². The predicted octanol–water partition coefficient (Wildman–Crippen LogP) is 5.35. The summed E-state index contributed by atoms with van der Waals surface area (Å²) in [5.74, 6) is -0.206. The van der Waals surface area contributed by atoms with Gasteiger partial charge in [0.15, 0.2) is 5.76 Å². The Morgan fingerprint density at radius 1 is 0.914 bits per heavy atom. The summed E-state index contributed by atoms with van der Waals surface area (Å²) in [5, 5.41) is 0. The first-order valence-electron chi connectivity index (χ1n) is 11.1. The van der Waals surface area contributed by atoms with E-state index in [1.807, 2.05) is 68.4 Å². The van der Waals surface area contributed by atoms with Crippen molar-refractivity contribution in [2.24, 2.45) is 4.99 Å². The summed E-state index contributed by atoms with van der Waals surface area (Å²) in [6.45, 7) is 3.86. The molecule has 0 unspecified atom stereocenters. The third-order valence-electron chi connectivity index (χ3n) is 6.22. The highest BCUT2D eigenvalue weighted by atomic mass is 32.2.